The van der Waals surface area contributed by atoms with Crippen LogP contribution in [0.5, 0.6) is 0 Å². The number of aromatic nitrogens is 2. The van der Waals surface area contributed by atoms with E-state index >= 15 is 0 Å². The highest BCUT2D eigenvalue weighted by Crippen LogP contribution is 2.16. The van der Waals surface area contributed by atoms with Crippen LogP contribution >= 0.6 is 11.8 Å². The van der Waals surface area contributed by atoms with Gasteiger partial charge < -0.3 is 10.1 Å². The summed E-state index contributed by atoms with van der Waals surface area (Å²) in [5.41, 5.74) is 1.10. The fourth-order valence-corrected chi connectivity index (χ4v) is 2.81. The van der Waals surface area contributed by atoms with Gasteiger partial charge in [-0.2, -0.15) is 0 Å². The SMILES string of the molecule is O=C(CSc1ccc(NC(=O)c2cccc(F)c2)nn1)OCc1ccccc1. The Morgan fingerprint density at radius 3 is 2.54 bits per heavy atom. The number of esters is 1. The zero-order chi connectivity index (χ0) is 19.8. The number of nitrogens with one attached hydrogen (secondary N) is 1. The van der Waals surface area contributed by atoms with Crippen LogP contribution in [0.25, 0.3) is 0 Å². The first kappa shape index (κ1) is 19.5. The van der Waals surface area contributed by atoms with Gasteiger partial charge in [0.15, 0.2) is 5.82 Å². The maximum Gasteiger partial charge on any atom is 0.316 e. The summed E-state index contributed by atoms with van der Waals surface area (Å²) in [6.07, 6.45) is 0. The maximum absolute atomic E-state index is 13.2. The zero-order valence-electron chi connectivity index (χ0n) is 14.7. The fourth-order valence-electron chi connectivity index (χ4n) is 2.19. The lowest BCUT2D eigenvalue weighted by Crippen LogP contribution is -2.13. The lowest BCUT2D eigenvalue weighted by molar-refractivity contribution is -0.141. The van der Waals surface area contributed by atoms with E-state index in [9.17, 15) is 14.0 Å². The van der Waals surface area contributed by atoms with Gasteiger partial charge in [0.05, 0.1) is 5.75 Å². The van der Waals surface area contributed by atoms with Gasteiger partial charge in [-0.1, -0.05) is 48.2 Å². The number of hydrogen-bond acceptors (Lipinski definition) is 6. The van der Waals surface area contributed by atoms with E-state index in [1.54, 1.807) is 12.1 Å². The van der Waals surface area contributed by atoms with Gasteiger partial charge in [0.2, 0.25) is 0 Å². The predicted octanol–water partition coefficient (Wildman–Crippen LogP) is 3.70. The lowest BCUT2D eigenvalue weighted by atomic mass is 10.2. The van der Waals surface area contributed by atoms with Crippen molar-refractivity contribution in [3.63, 3.8) is 0 Å². The smallest absolute Gasteiger partial charge is 0.316 e. The minimum absolute atomic E-state index is 0.0938. The summed E-state index contributed by atoms with van der Waals surface area (Å²) in [7, 11) is 0. The first-order valence-electron chi connectivity index (χ1n) is 8.33. The van der Waals surface area contributed by atoms with Crippen molar-refractivity contribution in [1.29, 1.82) is 0 Å². The maximum atomic E-state index is 13.2. The van der Waals surface area contributed by atoms with E-state index in [0.29, 0.717) is 5.03 Å². The number of ether oxygens (including phenoxy) is 1. The second-order valence-electron chi connectivity index (χ2n) is 5.66. The monoisotopic (exact) mass is 397 g/mol. The molecule has 0 aliphatic carbocycles. The van der Waals surface area contributed by atoms with Gasteiger partial charge in [-0.15, -0.1) is 10.2 Å². The van der Waals surface area contributed by atoms with Gasteiger partial charge >= 0.3 is 5.97 Å². The topological polar surface area (TPSA) is 81.2 Å². The Hall–Kier alpha value is -3.26. The van der Waals surface area contributed by atoms with Crippen molar-refractivity contribution in [3.8, 4) is 0 Å². The Balaban J connectivity index is 1.46. The molecule has 0 spiro atoms. The van der Waals surface area contributed by atoms with Gasteiger partial charge in [-0.3, -0.25) is 9.59 Å². The van der Waals surface area contributed by atoms with Crippen molar-refractivity contribution in [1.82, 2.24) is 10.2 Å². The highest BCUT2D eigenvalue weighted by atomic mass is 32.2. The number of benzene rings is 2. The minimum Gasteiger partial charge on any atom is -0.460 e. The second kappa shape index (κ2) is 9.61. The molecule has 0 bridgehead atoms. The van der Waals surface area contributed by atoms with E-state index in [0.717, 1.165) is 11.6 Å². The predicted molar refractivity (Wildman–Crippen MR) is 103 cm³/mol. The van der Waals surface area contributed by atoms with Crippen LogP contribution in [0.4, 0.5) is 10.2 Å². The Bertz CT molecular complexity index is 952. The number of carbonyl (C=O) groups excluding carboxylic acids is 2. The van der Waals surface area contributed by atoms with E-state index in [1.807, 2.05) is 30.3 Å². The molecule has 0 aliphatic rings. The van der Waals surface area contributed by atoms with E-state index in [4.69, 9.17) is 4.74 Å². The summed E-state index contributed by atoms with van der Waals surface area (Å²) in [5.74, 6) is -1.02. The molecular weight excluding hydrogens is 381 g/mol. The van der Waals surface area contributed by atoms with Crippen molar-refractivity contribution < 1.29 is 18.7 Å². The standard InChI is InChI=1S/C20H16FN3O3S/c21-16-8-4-7-15(11-16)20(26)22-17-9-10-18(24-23-17)28-13-19(25)27-12-14-5-2-1-3-6-14/h1-11H,12-13H2,(H,22,23,26). The molecule has 6 nitrogen and oxygen atoms in total. The van der Waals surface area contributed by atoms with Crippen LogP contribution in [-0.4, -0.2) is 27.8 Å². The van der Waals surface area contributed by atoms with Crippen molar-refractivity contribution in [2.45, 2.75) is 11.6 Å². The molecule has 0 atom stereocenters. The Morgan fingerprint density at radius 1 is 1.00 bits per heavy atom. The number of halogens is 1. The molecule has 1 aromatic heterocycles. The van der Waals surface area contributed by atoms with Gasteiger partial charge in [-0.05, 0) is 35.9 Å². The third-order valence-electron chi connectivity index (χ3n) is 3.55. The molecule has 8 heteroatoms. The summed E-state index contributed by atoms with van der Waals surface area (Å²) in [6, 6.07) is 17.9. The fraction of sp³-hybridized carbons (Fsp3) is 0.100. The Morgan fingerprint density at radius 2 is 1.82 bits per heavy atom. The van der Waals surface area contributed by atoms with Crippen LogP contribution in [0.3, 0.4) is 0 Å². The summed E-state index contributed by atoms with van der Waals surface area (Å²) >= 11 is 1.18. The molecule has 2 aromatic carbocycles. The first-order valence-corrected chi connectivity index (χ1v) is 9.32. The van der Waals surface area contributed by atoms with E-state index < -0.39 is 11.7 Å². The van der Waals surface area contributed by atoms with Crippen molar-refractivity contribution in [3.05, 3.63) is 83.7 Å². The van der Waals surface area contributed by atoms with Gasteiger partial charge in [0.25, 0.3) is 5.91 Å². The van der Waals surface area contributed by atoms with Gasteiger partial charge in [0, 0.05) is 5.56 Å². The normalized spacial score (nSPS) is 10.3. The first-order chi connectivity index (χ1) is 13.6. The summed E-state index contributed by atoms with van der Waals surface area (Å²) in [6.45, 7) is 0.219. The largest absolute Gasteiger partial charge is 0.460 e. The number of carbonyl (C=O) groups is 2. The van der Waals surface area contributed by atoms with Crippen molar-refractivity contribution in [2.75, 3.05) is 11.1 Å². The molecule has 0 saturated heterocycles. The second-order valence-corrected chi connectivity index (χ2v) is 6.65. The number of hydrogen-bond donors (Lipinski definition) is 1. The average molecular weight is 397 g/mol. The zero-order valence-corrected chi connectivity index (χ0v) is 15.5. The number of anilines is 1. The molecule has 1 heterocycles. The number of nitrogens with zero attached hydrogens (tertiary/aromatic N) is 2. The van der Waals surface area contributed by atoms with Crippen LogP contribution in [0.1, 0.15) is 15.9 Å². The van der Waals surface area contributed by atoms with Crippen LogP contribution < -0.4 is 5.32 Å². The number of rotatable bonds is 7. The summed E-state index contributed by atoms with van der Waals surface area (Å²) < 4.78 is 18.4. The van der Waals surface area contributed by atoms with Gasteiger partial charge in [-0.25, -0.2) is 4.39 Å². The summed E-state index contributed by atoms with van der Waals surface area (Å²) in [5, 5.41) is 10.9. The molecule has 0 aliphatic heterocycles. The molecule has 142 valence electrons. The number of amides is 1. The lowest BCUT2D eigenvalue weighted by Gasteiger charge is -2.06. The highest BCUT2D eigenvalue weighted by Gasteiger charge is 2.09. The molecule has 0 fully saturated rings. The van der Waals surface area contributed by atoms with Crippen molar-refractivity contribution in [2.24, 2.45) is 0 Å². The van der Waals surface area contributed by atoms with Crippen LogP contribution in [0.2, 0.25) is 0 Å². The molecule has 28 heavy (non-hydrogen) atoms. The molecule has 0 radical (unpaired) electrons. The summed E-state index contributed by atoms with van der Waals surface area (Å²) in [4.78, 5) is 23.9. The Labute approximate surface area is 165 Å². The van der Waals surface area contributed by atoms with E-state index in [2.05, 4.69) is 15.5 Å². The molecule has 3 rings (SSSR count). The molecule has 1 amide bonds. The Kier molecular flexibility index (Phi) is 6.69. The van der Waals surface area contributed by atoms with Crippen LogP contribution in [0.15, 0.2) is 71.8 Å². The molecule has 1 N–H and O–H groups in total. The van der Waals surface area contributed by atoms with Crippen molar-refractivity contribution >= 4 is 29.5 Å². The third kappa shape index (κ3) is 5.88. The molecule has 0 saturated carbocycles. The quantitative estimate of drug-likeness (QED) is 0.484. The molecular formula is C20H16FN3O3S. The molecule has 0 unspecified atom stereocenters. The van der Waals surface area contributed by atoms with E-state index in [1.165, 1.54) is 30.0 Å². The molecule has 3 aromatic rings. The number of thioether (sulfide) groups is 1. The minimum atomic E-state index is -0.496. The van der Waals surface area contributed by atoms with Crippen LogP contribution in [-0.2, 0) is 16.1 Å². The third-order valence-corrected chi connectivity index (χ3v) is 4.44. The van der Waals surface area contributed by atoms with Gasteiger partial charge in [0.1, 0.15) is 17.5 Å². The average Bonchev–Trinajstić information content (AvgIpc) is 2.72. The highest BCUT2D eigenvalue weighted by molar-refractivity contribution is 7.99. The van der Waals surface area contributed by atoms with Crippen LogP contribution in [0, 0.1) is 5.82 Å². The van der Waals surface area contributed by atoms with E-state index in [-0.39, 0.29) is 29.7 Å².